The van der Waals surface area contributed by atoms with Crippen LogP contribution in [0.3, 0.4) is 0 Å². The number of rotatable bonds is 5. The fourth-order valence-electron chi connectivity index (χ4n) is 5.38. The number of pyridine rings is 1. The summed E-state index contributed by atoms with van der Waals surface area (Å²) in [7, 11) is -0.492. The van der Waals surface area contributed by atoms with Crippen LogP contribution in [0.15, 0.2) is 115 Å². The van der Waals surface area contributed by atoms with Crippen LogP contribution >= 0.6 is 0 Å². The van der Waals surface area contributed by atoms with Crippen molar-refractivity contribution in [3.63, 3.8) is 0 Å². The van der Waals surface area contributed by atoms with Gasteiger partial charge in [-0.15, -0.1) is 0 Å². The molecule has 0 radical (unpaired) electrons. The van der Waals surface area contributed by atoms with Gasteiger partial charge in [-0.05, 0) is 56.4 Å². The van der Waals surface area contributed by atoms with Crippen LogP contribution in [0.4, 0.5) is 0 Å². The number of fused-ring (bicyclic) bond motifs is 1. The van der Waals surface area contributed by atoms with Crippen molar-refractivity contribution in [2.75, 3.05) is 0 Å². The fraction of sp³-hybridized carbons (Fsp3) is 0.167. The average Bonchev–Trinajstić information content (AvgIpc) is 3.27. The van der Waals surface area contributed by atoms with Gasteiger partial charge in [-0.1, -0.05) is 97.1 Å². The molecule has 43 heavy (non-hydrogen) atoms. The average molecular weight is 562 g/mol. The molecule has 1 fully saturated rings. The Hall–Kier alpha value is -4.72. The van der Waals surface area contributed by atoms with Crippen LogP contribution in [0.5, 0.6) is 0 Å². The molecule has 210 valence electrons. The molecule has 1 saturated heterocycles. The first-order valence-electron chi connectivity index (χ1n) is 14.5. The molecule has 0 atom stereocenters. The van der Waals surface area contributed by atoms with Crippen LogP contribution in [-0.2, 0) is 9.31 Å². The molecule has 1 aliphatic rings. The Balaban J connectivity index is 1.31. The molecule has 0 unspecified atom stereocenters. The van der Waals surface area contributed by atoms with Crippen LogP contribution in [-0.4, -0.2) is 38.3 Å². The summed E-state index contributed by atoms with van der Waals surface area (Å²) in [5.74, 6) is 1.90. The normalized spacial score (nSPS) is 15.6. The van der Waals surface area contributed by atoms with E-state index in [1.165, 1.54) is 0 Å². The molecule has 0 amide bonds. The molecular weight excluding hydrogens is 531 g/mol. The summed E-state index contributed by atoms with van der Waals surface area (Å²) in [6, 6.07) is 36.6. The summed E-state index contributed by atoms with van der Waals surface area (Å²) in [5, 5.41) is 1.02. The second-order valence-electron chi connectivity index (χ2n) is 11.8. The zero-order chi connectivity index (χ0) is 29.6. The zero-order valence-corrected chi connectivity index (χ0v) is 24.7. The van der Waals surface area contributed by atoms with Crippen LogP contribution in [0.1, 0.15) is 27.7 Å². The summed E-state index contributed by atoms with van der Waals surface area (Å²) in [6.45, 7) is 8.29. The maximum absolute atomic E-state index is 6.45. The minimum atomic E-state index is -0.492. The number of hydrogen-bond acceptors (Lipinski definition) is 6. The van der Waals surface area contributed by atoms with E-state index in [1.807, 2.05) is 85.1 Å². The third-order valence-electron chi connectivity index (χ3n) is 8.46. The number of hydrogen-bond donors (Lipinski definition) is 0. The molecule has 0 saturated carbocycles. The summed E-state index contributed by atoms with van der Waals surface area (Å²) < 4.78 is 12.9. The van der Waals surface area contributed by atoms with E-state index in [-0.39, 0.29) is 0 Å². The highest BCUT2D eigenvalue weighted by Crippen LogP contribution is 2.38. The van der Waals surface area contributed by atoms with Crippen molar-refractivity contribution in [2.24, 2.45) is 0 Å². The second kappa shape index (κ2) is 10.5. The van der Waals surface area contributed by atoms with Gasteiger partial charge in [-0.25, -0.2) is 15.0 Å². The summed E-state index contributed by atoms with van der Waals surface area (Å²) in [5.41, 5.74) is 5.90. The minimum Gasteiger partial charge on any atom is -0.399 e. The van der Waals surface area contributed by atoms with E-state index >= 15 is 0 Å². The Labute approximate surface area is 252 Å². The van der Waals surface area contributed by atoms with E-state index in [0.29, 0.717) is 17.5 Å². The van der Waals surface area contributed by atoms with Crippen molar-refractivity contribution in [1.82, 2.24) is 19.9 Å². The highest BCUT2D eigenvalue weighted by molar-refractivity contribution is 6.65. The second-order valence-corrected chi connectivity index (χ2v) is 11.8. The molecule has 6 aromatic rings. The number of benzene rings is 4. The first-order valence-corrected chi connectivity index (χ1v) is 14.5. The molecular formula is C36H31BN4O2. The lowest BCUT2D eigenvalue weighted by Gasteiger charge is -2.32. The predicted molar refractivity (Wildman–Crippen MR) is 173 cm³/mol. The van der Waals surface area contributed by atoms with Gasteiger partial charge < -0.3 is 9.31 Å². The molecule has 7 rings (SSSR count). The van der Waals surface area contributed by atoms with Crippen molar-refractivity contribution in [2.45, 2.75) is 38.9 Å². The monoisotopic (exact) mass is 562 g/mol. The molecule has 6 nitrogen and oxygen atoms in total. The summed E-state index contributed by atoms with van der Waals surface area (Å²) in [4.78, 5) is 19.2. The molecule has 1 aliphatic heterocycles. The highest BCUT2D eigenvalue weighted by Gasteiger charge is 2.52. The van der Waals surface area contributed by atoms with Crippen LogP contribution < -0.4 is 5.46 Å². The van der Waals surface area contributed by atoms with E-state index in [2.05, 4.69) is 63.0 Å². The molecule has 0 aliphatic carbocycles. The Morgan fingerprint density at radius 2 is 1.00 bits per heavy atom. The quantitative estimate of drug-likeness (QED) is 0.204. The molecule has 2 aromatic heterocycles. The van der Waals surface area contributed by atoms with Crippen LogP contribution in [0.25, 0.3) is 56.2 Å². The van der Waals surface area contributed by atoms with Crippen LogP contribution in [0, 0.1) is 0 Å². The maximum atomic E-state index is 6.45. The fourth-order valence-corrected chi connectivity index (χ4v) is 5.38. The third-order valence-corrected chi connectivity index (χ3v) is 8.46. The predicted octanol–water partition coefficient (Wildman–Crippen LogP) is 7.39. The van der Waals surface area contributed by atoms with E-state index in [9.17, 15) is 0 Å². The Bertz CT molecular complexity index is 1850. The lowest BCUT2D eigenvalue weighted by molar-refractivity contribution is 0.00578. The number of aromatic nitrogens is 4. The maximum Gasteiger partial charge on any atom is 0.495 e. The highest BCUT2D eigenvalue weighted by atomic mass is 16.7. The molecule has 0 spiro atoms. The Morgan fingerprint density at radius 1 is 0.512 bits per heavy atom. The first-order chi connectivity index (χ1) is 20.8. The first kappa shape index (κ1) is 27.1. The van der Waals surface area contributed by atoms with E-state index in [0.717, 1.165) is 44.2 Å². The minimum absolute atomic E-state index is 0.439. The molecule has 4 aromatic carbocycles. The van der Waals surface area contributed by atoms with Gasteiger partial charge in [0, 0.05) is 28.3 Å². The van der Waals surface area contributed by atoms with Crippen molar-refractivity contribution in [1.29, 1.82) is 0 Å². The van der Waals surface area contributed by atoms with Gasteiger partial charge in [0.2, 0.25) is 0 Å². The molecule has 0 bridgehead atoms. The van der Waals surface area contributed by atoms with Gasteiger partial charge in [0.1, 0.15) is 0 Å². The standard InChI is InChI=1S/C36H31BN4O2/c1-35(2)36(3,4)43-37(42-35)29-22-23-38-30-17-11-16-28(31(29)30)24-18-20-27(21-19-24)34-40-32(25-12-7-5-8-13-25)39-33(41-34)26-14-9-6-10-15-26/h5-23H,1-4H3. The van der Waals surface area contributed by atoms with Crippen molar-refractivity contribution < 1.29 is 9.31 Å². The molecule has 3 heterocycles. The van der Waals surface area contributed by atoms with E-state index in [1.54, 1.807) is 0 Å². The topological polar surface area (TPSA) is 70.0 Å². The Kier molecular flexibility index (Phi) is 6.64. The van der Waals surface area contributed by atoms with Gasteiger partial charge in [0.25, 0.3) is 0 Å². The SMILES string of the molecule is CC1(C)OB(c2ccnc3cccc(-c4ccc(-c5nc(-c6ccccc6)nc(-c6ccccc6)n5)cc4)c23)OC1(C)C. The summed E-state index contributed by atoms with van der Waals surface area (Å²) in [6.07, 6.45) is 1.82. The smallest absolute Gasteiger partial charge is 0.399 e. The molecule has 7 heteroatoms. The van der Waals surface area contributed by atoms with Gasteiger partial charge >= 0.3 is 7.12 Å². The lowest BCUT2D eigenvalue weighted by atomic mass is 9.75. The van der Waals surface area contributed by atoms with Gasteiger partial charge in [0.15, 0.2) is 17.5 Å². The molecule has 0 N–H and O–H groups in total. The summed E-state index contributed by atoms with van der Waals surface area (Å²) >= 11 is 0. The largest absolute Gasteiger partial charge is 0.495 e. The zero-order valence-electron chi connectivity index (χ0n) is 24.7. The lowest BCUT2D eigenvalue weighted by Crippen LogP contribution is -2.41. The van der Waals surface area contributed by atoms with Crippen molar-refractivity contribution in [3.05, 3.63) is 115 Å². The van der Waals surface area contributed by atoms with Crippen LogP contribution in [0.2, 0.25) is 0 Å². The van der Waals surface area contributed by atoms with Crippen molar-refractivity contribution >= 4 is 23.5 Å². The van der Waals surface area contributed by atoms with Crippen molar-refractivity contribution in [3.8, 4) is 45.3 Å². The van der Waals surface area contributed by atoms with E-state index in [4.69, 9.17) is 24.3 Å². The van der Waals surface area contributed by atoms with Gasteiger partial charge in [0.05, 0.1) is 16.7 Å². The third kappa shape index (κ3) is 5.01. The van der Waals surface area contributed by atoms with E-state index < -0.39 is 18.3 Å². The Morgan fingerprint density at radius 3 is 1.53 bits per heavy atom. The van der Waals surface area contributed by atoms with Gasteiger partial charge in [-0.2, -0.15) is 0 Å². The number of nitrogens with zero attached hydrogens (tertiary/aromatic N) is 4. The van der Waals surface area contributed by atoms with Gasteiger partial charge in [-0.3, -0.25) is 4.98 Å².